The first kappa shape index (κ1) is 6.80. The van der Waals surface area contributed by atoms with Crippen LogP contribution in [0.4, 0.5) is 0 Å². The number of aromatic nitrogens is 1. The average Bonchev–Trinajstić information content (AvgIpc) is 2.56. The fraction of sp³-hybridized carbons (Fsp3) is 0.250. The number of rotatable bonds is 0. The predicted octanol–water partition coefficient (Wildman–Crippen LogP) is 2.19. The molecule has 76 valence electrons. The van der Waals surface area contributed by atoms with Crippen molar-refractivity contribution in [2.45, 2.75) is 13.5 Å². The summed E-state index contributed by atoms with van der Waals surface area (Å²) in [5, 5.41) is 0.650. The van der Waals surface area contributed by atoms with Crippen LogP contribution in [-0.4, -0.2) is 17.4 Å². The first-order valence-corrected chi connectivity index (χ1v) is 4.79. The van der Waals surface area contributed by atoms with E-state index in [9.17, 15) is 4.79 Å². The number of aromatic amines is 1. The summed E-state index contributed by atoms with van der Waals surface area (Å²) < 4.78 is 20.9. The van der Waals surface area contributed by atoms with Gasteiger partial charge in [-0.05, 0) is 13.0 Å². The lowest BCUT2D eigenvalue weighted by Crippen LogP contribution is -2.05. The molecule has 0 amide bonds. The second kappa shape index (κ2) is 2.94. The van der Waals surface area contributed by atoms with Crippen LogP contribution in [0.1, 0.15) is 24.4 Å². The van der Waals surface area contributed by atoms with Crippen LogP contribution in [0.25, 0.3) is 10.9 Å². The number of ether oxygens (including phenoxy) is 1. The van der Waals surface area contributed by atoms with Crippen molar-refractivity contribution in [1.82, 2.24) is 4.98 Å². The number of carbonyl (C=O) groups excluding carboxylic acids is 1. The first-order valence-electron chi connectivity index (χ1n) is 5.79. The number of aryl methyl sites for hydroxylation is 1. The highest BCUT2D eigenvalue weighted by molar-refractivity contribution is 6.10. The normalized spacial score (nSPS) is 21.0. The van der Waals surface area contributed by atoms with Crippen LogP contribution >= 0.6 is 0 Å². The predicted molar refractivity (Wildman–Crippen MR) is 57.0 cm³/mol. The van der Waals surface area contributed by atoms with E-state index in [0.717, 1.165) is 5.52 Å². The van der Waals surface area contributed by atoms with Gasteiger partial charge in [-0.25, -0.2) is 0 Å². The van der Waals surface area contributed by atoms with Gasteiger partial charge in [-0.1, -0.05) is 12.1 Å². The topological polar surface area (TPSA) is 42.1 Å². The van der Waals surface area contributed by atoms with E-state index in [1.807, 2.05) is 6.07 Å². The van der Waals surface area contributed by atoms with E-state index < -0.39 is 6.56 Å². The molecule has 0 spiro atoms. The number of hydrogen-bond donors (Lipinski definition) is 1. The zero-order chi connectivity index (χ0) is 12.2. The number of nitrogens with one attached hydrogen (secondary N) is 1. The van der Waals surface area contributed by atoms with Crippen molar-refractivity contribution in [2.24, 2.45) is 0 Å². The van der Waals surface area contributed by atoms with Gasteiger partial charge in [0.15, 0.2) is 5.78 Å². The molecule has 0 bridgehead atoms. The summed E-state index contributed by atoms with van der Waals surface area (Å²) in [5.41, 5.74) is 2.45. The highest BCUT2D eigenvalue weighted by atomic mass is 16.5. The van der Waals surface area contributed by atoms with Crippen molar-refractivity contribution in [1.29, 1.82) is 0 Å². The molecule has 0 saturated carbocycles. The van der Waals surface area contributed by atoms with E-state index in [2.05, 4.69) is 4.98 Å². The molecule has 1 aromatic heterocycles. The summed E-state index contributed by atoms with van der Waals surface area (Å²) in [6.07, 6.45) is 0. The van der Waals surface area contributed by atoms with E-state index in [4.69, 9.17) is 7.48 Å². The lowest BCUT2D eigenvalue weighted by molar-refractivity contribution is 0.0741. The molecule has 3 rings (SSSR count). The fourth-order valence-corrected chi connectivity index (χ4v) is 1.99. The smallest absolute Gasteiger partial charge is 0.189 e. The minimum Gasteiger partial charge on any atom is -0.369 e. The number of carbonyl (C=O) groups is 1. The Morgan fingerprint density at radius 3 is 3.27 bits per heavy atom. The fourth-order valence-electron chi connectivity index (χ4n) is 1.99. The molecule has 1 aromatic carbocycles. The molecular weight excluding hydrogens is 190 g/mol. The molecule has 0 fully saturated rings. The van der Waals surface area contributed by atoms with Gasteiger partial charge < -0.3 is 9.72 Å². The second-order valence-electron chi connectivity index (χ2n) is 3.67. The minimum absolute atomic E-state index is 0.183. The van der Waals surface area contributed by atoms with Gasteiger partial charge in [-0.15, -0.1) is 0 Å². The van der Waals surface area contributed by atoms with Gasteiger partial charge in [0, 0.05) is 27.7 Å². The third-order valence-corrected chi connectivity index (χ3v) is 2.69. The van der Waals surface area contributed by atoms with Crippen LogP contribution in [0.5, 0.6) is 0 Å². The van der Waals surface area contributed by atoms with E-state index in [1.165, 1.54) is 0 Å². The highest BCUT2D eigenvalue weighted by Gasteiger charge is 2.20. The van der Waals surface area contributed by atoms with Crippen molar-refractivity contribution in [2.75, 3.05) is 6.61 Å². The van der Waals surface area contributed by atoms with Crippen LogP contribution in [-0.2, 0) is 11.3 Å². The van der Waals surface area contributed by atoms with Crippen LogP contribution in [0, 0.1) is 6.92 Å². The average molecular weight is 203 g/mol. The molecule has 0 aliphatic carbocycles. The monoisotopic (exact) mass is 203 g/mol. The Balaban J connectivity index is 2.50. The summed E-state index contributed by atoms with van der Waals surface area (Å²) >= 11 is 0. The Morgan fingerprint density at radius 2 is 2.40 bits per heavy atom. The van der Waals surface area contributed by atoms with Crippen molar-refractivity contribution < 1.29 is 12.3 Å². The van der Waals surface area contributed by atoms with Gasteiger partial charge in [0.2, 0.25) is 0 Å². The van der Waals surface area contributed by atoms with E-state index in [0.29, 0.717) is 22.2 Å². The summed E-state index contributed by atoms with van der Waals surface area (Å²) in [7, 11) is 0. The molecule has 3 nitrogen and oxygen atoms in total. The minimum atomic E-state index is -1.93. The maximum Gasteiger partial charge on any atom is 0.189 e. The molecule has 1 N–H and O–H groups in total. The number of hydrogen-bond acceptors (Lipinski definition) is 2. The summed E-state index contributed by atoms with van der Waals surface area (Å²) in [6.45, 7) is -0.360. The Hall–Kier alpha value is -1.61. The van der Waals surface area contributed by atoms with E-state index in [1.54, 1.807) is 19.1 Å². The number of Topliss-reactive ketones (excluding diaryl/α,β-unsaturated/α-hetero) is 1. The summed E-state index contributed by atoms with van der Waals surface area (Å²) in [5.74, 6) is -0.183. The number of ketones is 1. The molecule has 0 unspecified atom stereocenters. The molecule has 0 radical (unpaired) electrons. The third-order valence-electron chi connectivity index (χ3n) is 2.69. The Labute approximate surface area is 89.9 Å². The maximum atomic E-state index is 11.9. The molecule has 3 heteroatoms. The van der Waals surface area contributed by atoms with Crippen LogP contribution in [0.2, 0.25) is 0 Å². The molecule has 0 saturated heterocycles. The molecule has 0 atom stereocenters. The Kier molecular flexibility index (Phi) is 1.33. The van der Waals surface area contributed by atoms with Crippen LogP contribution in [0.3, 0.4) is 0 Å². The lowest BCUT2D eigenvalue weighted by Gasteiger charge is -1.98. The molecule has 2 aromatic rings. The molecular formula is C12H11NO2. The van der Waals surface area contributed by atoms with Gasteiger partial charge in [-0.3, -0.25) is 4.79 Å². The molecule has 1 aliphatic heterocycles. The molecule has 1 aliphatic rings. The lowest BCUT2D eigenvalue weighted by atomic mass is 10.0. The van der Waals surface area contributed by atoms with E-state index >= 15 is 0 Å². The van der Waals surface area contributed by atoms with Crippen molar-refractivity contribution in [3.63, 3.8) is 0 Å². The molecule has 15 heavy (non-hydrogen) atoms. The zero-order valence-electron chi connectivity index (χ0n) is 10.3. The maximum absolute atomic E-state index is 11.9. The van der Waals surface area contributed by atoms with Crippen LogP contribution < -0.4 is 0 Å². The van der Waals surface area contributed by atoms with Crippen molar-refractivity contribution >= 4 is 16.7 Å². The first-order chi connectivity index (χ1) is 8.00. The largest absolute Gasteiger partial charge is 0.369 e. The van der Waals surface area contributed by atoms with E-state index in [-0.39, 0.29) is 12.4 Å². The highest BCUT2D eigenvalue weighted by Crippen LogP contribution is 2.28. The SMILES string of the molecule is [2H]C1([2H])OCC(=O)c2cccc3[nH]c(C)c1c23. The Bertz CT molecular complexity index is 631. The quantitative estimate of drug-likeness (QED) is 0.713. The van der Waals surface area contributed by atoms with Crippen molar-refractivity contribution in [3.8, 4) is 0 Å². The van der Waals surface area contributed by atoms with Crippen LogP contribution in [0.15, 0.2) is 18.2 Å². The van der Waals surface area contributed by atoms with Gasteiger partial charge >= 0.3 is 0 Å². The molecule has 2 heterocycles. The van der Waals surface area contributed by atoms with Gasteiger partial charge in [0.05, 0.1) is 9.30 Å². The zero-order valence-corrected chi connectivity index (χ0v) is 8.26. The van der Waals surface area contributed by atoms with Gasteiger partial charge in [0.25, 0.3) is 0 Å². The summed E-state index contributed by atoms with van der Waals surface area (Å²) in [4.78, 5) is 15.0. The van der Waals surface area contributed by atoms with Gasteiger partial charge in [0.1, 0.15) is 6.61 Å². The number of H-pyrrole nitrogens is 1. The standard InChI is InChI=1S/C12H11NO2/c1-7-9-5-15-6-11(14)8-3-2-4-10(13-7)12(8)9/h2-4,13H,5-6H2,1H3/i5D2. The number of benzene rings is 1. The Morgan fingerprint density at radius 1 is 1.53 bits per heavy atom. The van der Waals surface area contributed by atoms with Gasteiger partial charge in [-0.2, -0.15) is 0 Å². The second-order valence-corrected chi connectivity index (χ2v) is 3.67. The van der Waals surface area contributed by atoms with Crippen molar-refractivity contribution in [3.05, 3.63) is 35.0 Å². The third kappa shape index (κ3) is 1.13. The summed E-state index contributed by atoms with van der Waals surface area (Å²) in [6, 6.07) is 5.34.